The van der Waals surface area contributed by atoms with Gasteiger partial charge in [-0.1, -0.05) is 30.3 Å². The minimum atomic E-state index is -6.78. The standard InChI is InChI=1S/C17H7F7O4/c18-15(19,16(20,21)17(22,23)24)13(26)10-11(25)9-6-5-7-3-1-2-4-8(7)12(9)28-14(10)27/h1-6,25H. The lowest BCUT2D eigenvalue weighted by molar-refractivity contribution is -0.339. The predicted octanol–water partition coefficient (Wildman–Crippen LogP) is 4.67. The Balaban J connectivity index is 2.28. The number of halogens is 7. The Bertz CT molecular complexity index is 1160. The molecule has 28 heavy (non-hydrogen) atoms. The number of rotatable bonds is 3. The Kier molecular flexibility index (Phi) is 4.17. The average Bonchev–Trinajstić information content (AvgIpc) is 2.60. The lowest BCUT2D eigenvalue weighted by Gasteiger charge is -2.26. The third-order valence-corrected chi connectivity index (χ3v) is 4.03. The minimum Gasteiger partial charge on any atom is -0.506 e. The van der Waals surface area contributed by atoms with Crippen molar-refractivity contribution < 1.29 is 45.1 Å². The highest BCUT2D eigenvalue weighted by atomic mass is 19.4. The zero-order chi connectivity index (χ0) is 21.1. The fourth-order valence-corrected chi connectivity index (χ4v) is 2.59. The van der Waals surface area contributed by atoms with Crippen molar-refractivity contribution in [2.75, 3.05) is 0 Å². The molecule has 0 radical (unpaired) electrons. The number of Topliss-reactive ketones (excluding diaryl/α,β-unsaturated/α-hetero) is 1. The predicted molar refractivity (Wildman–Crippen MR) is 81.9 cm³/mol. The molecular weight excluding hydrogens is 401 g/mol. The summed E-state index contributed by atoms with van der Waals surface area (Å²) < 4.78 is 95.2. The second-order valence-corrected chi connectivity index (χ2v) is 5.75. The fraction of sp³-hybridized carbons (Fsp3) is 0.176. The van der Waals surface area contributed by atoms with Crippen LogP contribution < -0.4 is 5.63 Å². The van der Waals surface area contributed by atoms with E-state index in [4.69, 9.17) is 4.42 Å². The molecule has 4 nitrogen and oxygen atoms in total. The van der Waals surface area contributed by atoms with E-state index in [0.717, 1.165) is 6.07 Å². The number of ketones is 1. The van der Waals surface area contributed by atoms with Crippen molar-refractivity contribution >= 4 is 27.5 Å². The maximum absolute atomic E-state index is 13.7. The zero-order valence-electron chi connectivity index (χ0n) is 13.3. The first-order valence-corrected chi connectivity index (χ1v) is 7.35. The first-order valence-electron chi connectivity index (χ1n) is 7.35. The molecular formula is C17H7F7O4. The molecule has 1 heterocycles. The van der Waals surface area contributed by atoms with Gasteiger partial charge in [0.2, 0.25) is 5.78 Å². The van der Waals surface area contributed by atoms with Crippen LogP contribution in [0.2, 0.25) is 0 Å². The van der Waals surface area contributed by atoms with Crippen LogP contribution in [-0.2, 0) is 0 Å². The number of carbonyl (C=O) groups is 1. The maximum atomic E-state index is 13.7. The van der Waals surface area contributed by atoms with Gasteiger partial charge >= 0.3 is 23.6 Å². The van der Waals surface area contributed by atoms with Gasteiger partial charge in [0.05, 0.1) is 5.39 Å². The Labute approximate surface area is 149 Å². The largest absolute Gasteiger partial charge is 0.506 e. The van der Waals surface area contributed by atoms with E-state index in [9.17, 15) is 45.4 Å². The van der Waals surface area contributed by atoms with Crippen molar-refractivity contribution in [1.29, 1.82) is 0 Å². The van der Waals surface area contributed by atoms with Crippen molar-refractivity contribution in [1.82, 2.24) is 0 Å². The van der Waals surface area contributed by atoms with Gasteiger partial charge in [0.15, 0.2) is 5.56 Å². The second kappa shape index (κ2) is 5.94. The molecule has 0 spiro atoms. The van der Waals surface area contributed by atoms with E-state index >= 15 is 0 Å². The second-order valence-electron chi connectivity index (χ2n) is 5.75. The molecule has 0 atom stereocenters. The van der Waals surface area contributed by atoms with Gasteiger partial charge < -0.3 is 9.52 Å². The first-order chi connectivity index (χ1) is 12.8. The van der Waals surface area contributed by atoms with Gasteiger partial charge in [-0.3, -0.25) is 4.79 Å². The number of benzene rings is 2. The van der Waals surface area contributed by atoms with Crippen LogP contribution in [0.4, 0.5) is 30.7 Å². The quantitative estimate of drug-likeness (QED) is 0.296. The van der Waals surface area contributed by atoms with Gasteiger partial charge in [-0.25, -0.2) is 4.79 Å². The molecule has 0 aliphatic carbocycles. The van der Waals surface area contributed by atoms with Crippen molar-refractivity contribution in [3.63, 3.8) is 0 Å². The van der Waals surface area contributed by atoms with Crippen molar-refractivity contribution in [3.8, 4) is 5.75 Å². The summed E-state index contributed by atoms with van der Waals surface area (Å²) in [6, 6.07) is 8.43. The van der Waals surface area contributed by atoms with Gasteiger partial charge in [0.25, 0.3) is 0 Å². The third-order valence-electron chi connectivity index (χ3n) is 4.03. The average molecular weight is 408 g/mol. The van der Waals surface area contributed by atoms with E-state index < -0.39 is 46.1 Å². The zero-order valence-corrected chi connectivity index (χ0v) is 13.3. The van der Waals surface area contributed by atoms with Gasteiger partial charge in [0, 0.05) is 5.39 Å². The molecule has 1 N–H and O–H groups in total. The van der Waals surface area contributed by atoms with E-state index in [-0.39, 0.29) is 11.0 Å². The molecule has 0 fully saturated rings. The lowest BCUT2D eigenvalue weighted by atomic mass is 9.98. The van der Waals surface area contributed by atoms with Crippen LogP contribution in [0.1, 0.15) is 10.4 Å². The molecule has 0 bridgehead atoms. The summed E-state index contributed by atoms with van der Waals surface area (Å²) in [6.45, 7) is 0. The molecule has 0 aliphatic heterocycles. The Hall–Kier alpha value is -3.11. The summed E-state index contributed by atoms with van der Waals surface area (Å²) in [4.78, 5) is 23.7. The monoisotopic (exact) mass is 408 g/mol. The van der Waals surface area contributed by atoms with E-state index in [1.54, 1.807) is 12.1 Å². The smallest absolute Gasteiger partial charge is 0.460 e. The van der Waals surface area contributed by atoms with E-state index in [2.05, 4.69) is 0 Å². The molecule has 2 aromatic carbocycles. The van der Waals surface area contributed by atoms with Crippen LogP contribution in [0.15, 0.2) is 45.6 Å². The summed E-state index contributed by atoms with van der Waals surface area (Å²) in [5, 5.41) is 10.2. The number of alkyl halides is 7. The summed E-state index contributed by atoms with van der Waals surface area (Å²) in [5.41, 5.74) is -4.34. The van der Waals surface area contributed by atoms with Gasteiger partial charge in [0.1, 0.15) is 11.3 Å². The summed E-state index contributed by atoms with van der Waals surface area (Å²) in [7, 11) is 0. The Morgan fingerprint density at radius 1 is 0.893 bits per heavy atom. The summed E-state index contributed by atoms with van der Waals surface area (Å²) in [6.07, 6.45) is -6.78. The first kappa shape index (κ1) is 19.6. The lowest BCUT2D eigenvalue weighted by Crippen LogP contribution is -2.56. The van der Waals surface area contributed by atoms with Crippen LogP contribution in [0.5, 0.6) is 5.75 Å². The molecule has 1 aromatic heterocycles. The van der Waals surface area contributed by atoms with E-state index in [1.165, 1.54) is 18.2 Å². The van der Waals surface area contributed by atoms with Crippen LogP contribution in [0, 0.1) is 0 Å². The van der Waals surface area contributed by atoms with E-state index in [1.807, 2.05) is 0 Å². The molecule has 0 unspecified atom stereocenters. The highest BCUT2D eigenvalue weighted by Gasteiger charge is 2.76. The molecule has 0 saturated carbocycles. The fourth-order valence-electron chi connectivity index (χ4n) is 2.59. The van der Waals surface area contributed by atoms with Crippen molar-refractivity contribution in [3.05, 3.63) is 52.4 Å². The summed E-state index contributed by atoms with van der Waals surface area (Å²) >= 11 is 0. The molecule has 0 saturated heterocycles. The molecule has 0 aliphatic rings. The number of carbonyl (C=O) groups excluding carboxylic acids is 1. The maximum Gasteiger partial charge on any atom is 0.460 e. The van der Waals surface area contributed by atoms with Crippen LogP contribution in [0.25, 0.3) is 21.7 Å². The summed E-state index contributed by atoms with van der Waals surface area (Å²) in [5.74, 6) is -17.8. The number of hydrogen-bond acceptors (Lipinski definition) is 4. The Morgan fingerprint density at radius 2 is 1.50 bits per heavy atom. The third kappa shape index (κ3) is 2.60. The molecule has 3 aromatic rings. The van der Waals surface area contributed by atoms with Crippen molar-refractivity contribution in [2.24, 2.45) is 0 Å². The van der Waals surface area contributed by atoms with Crippen LogP contribution >= 0.6 is 0 Å². The van der Waals surface area contributed by atoms with Gasteiger partial charge in [-0.05, 0) is 11.5 Å². The van der Waals surface area contributed by atoms with E-state index in [0.29, 0.717) is 5.39 Å². The highest BCUT2D eigenvalue weighted by Crippen LogP contribution is 2.48. The molecule has 148 valence electrons. The molecule has 0 amide bonds. The van der Waals surface area contributed by atoms with Gasteiger partial charge in [-0.15, -0.1) is 0 Å². The highest BCUT2D eigenvalue weighted by molar-refractivity contribution is 6.11. The normalized spacial score (nSPS) is 13.2. The van der Waals surface area contributed by atoms with Crippen LogP contribution in [-0.4, -0.2) is 28.9 Å². The molecule has 11 heteroatoms. The number of aromatic hydroxyl groups is 1. The molecule has 3 rings (SSSR count). The van der Waals surface area contributed by atoms with Crippen molar-refractivity contribution in [2.45, 2.75) is 18.0 Å². The number of hydrogen-bond donors (Lipinski definition) is 1. The number of fused-ring (bicyclic) bond motifs is 3. The minimum absolute atomic E-state index is 0.207. The Morgan fingerprint density at radius 3 is 2.11 bits per heavy atom. The van der Waals surface area contributed by atoms with Crippen LogP contribution in [0.3, 0.4) is 0 Å². The topological polar surface area (TPSA) is 67.5 Å². The van der Waals surface area contributed by atoms with Gasteiger partial charge in [-0.2, -0.15) is 30.7 Å². The SMILES string of the molecule is O=C(c1c(O)c2ccc3ccccc3c2oc1=O)C(F)(F)C(F)(F)C(F)(F)F.